The summed E-state index contributed by atoms with van der Waals surface area (Å²) in [5, 5.41) is 2.92. The first-order valence-electron chi connectivity index (χ1n) is 7.78. The summed E-state index contributed by atoms with van der Waals surface area (Å²) in [6, 6.07) is 17.0. The second-order valence-corrected chi connectivity index (χ2v) is 5.63. The number of carbonyl (C=O) groups is 1. The van der Waals surface area contributed by atoms with Crippen molar-refractivity contribution in [3.05, 3.63) is 60.2 Å². The molecule has 0 aromatic heterocycles. The molecule has 0 aliphatic heterocycles. The summed E-state index contributed by atoms with van der Waals surface area (Å²) in [6.07, 6.45) is 0.146. The predicted molar refractivity (Wildman–Crippen MR) is 90.7 cm³/mol. The van der Waals surface area contributed by atoms with Gasteiger partial charge in [-0.15, -0.1) is 0 Å². The topological polar surface area (TPSA) is 47.6 Å². The highest BCUT2D eigenvalue weighted by molar-refractivity contribution is 5.78. The van der Waals surface area contributed by atoms with Crippen LogP contribution in [0.15, 0.2) is 54.6 Å². The molecule has 1 amide bonds. The van der Waals surface area contributed by atoms with Crippen molar-refractivity contribution >= 4 is 5.91 Å². The average Bonchev–Trinajstić information content (AvgIpc) is 2.54. The number of hydrogen-bond acceptors (Lipinski definition) is 3. The largest absolute Gasteiger partial charge is 0.491 e. The summed E-state index contributed by atoms with van der Waals surface area (Å²) in [4.78, 5) is 12.0. The number of ether oxygens (including phenoxy) is 2. The van der Waals surface area contributed by atoms with E-state index < -0.39 is 0 Å². The van der Waals surface area contributed by atoms with Crippen LogP contribution in [0.3, 0.4) is 0 Å². The van der Waals surface area contributed by atoms with Crippen molar-refractivity contribution in [3.8, 4) is 11.5 Å². The zero-order chi connectivity index (χ0) is 16.7. The predicted octanol–water partition coefficient (Wildman–Crippen LogP) is 3.73. The number of amides is 1. The molecule has 0 radical (unpaired) electrons. The molecule has 1 N–H and O–H groups in total. The van der Waals surface area contributed by atoms with Crippen LogP contribution in [-0.2, 0) is 4.79 Å². The van der Waals surface area contributed by atoms with Crippen LogP contribution in [0.25, 0.3) is 0 Å². The fraction of sp³-hybridized carbons (Fsp3) is 0.316. The molecule has 2 aromatic rings. The van der Waals surface area contributed by atoms with E-state index in [1.165, 1.54) is 0 Å². The molecule has 1 atom stereocenters. The number of para-hydroxylation sites is 1. The molecular formula is C19H23NO3. The molecule has 2 aromatic carbocycles. The van der Waals surface area contributed by atoms with Gasteiger partial charge in [0.25, 0.3) is 5.91 Å². The summed E-state index contributed by atoms with van der Waals surface area (Å²) in [6.45, 7) is 5.93. The second kappa shape index (κ2) is 8.22. The van der Waals surface area contributed by atoms with E-state index in [-0.39, 0.29) is 24.7 Å². The van der Waals surface area contributed by atoms with Gasteiger partial charge < -0.3 is 14.8 Å². The Kier molecular flexibility index (Phi) is 6.03. The van der Waals surface area contributed by atoms with Gasteiger partial charge in [0, 0.05) is 0 Å². The minimum absolute atomic E-state index is 0.00287. The Morgan fingerprint density at radius 2 is 1.61 bits per heavy atom. The molecule has 4 nitrogen and oxygen atoms in total. The van der Waals surface area contributed by atoms with Crippen molar-refractivity contribution in [2.24, 2.45) is 0 Å². The maximum Gasteiger partial charge on any atom is 0.258 e. The molecular weight excluding hydrogens is 290 g/mol. The van der Waals surface area contributed by atoms with Gasteiger partial charge in [-0.1, -0.05) is 30.3 Å². The molecule has 0 saturated heterocycles. The van der Waals surface area contributed by atoms with Crippen LogP contribution < -0.4 is 14.8 Å². The van der Waals surface area contributed by atoms with E-state index in [0.29, 0.717) is 5.75 Å². The highest BCUT2D eigenvalue weighted by Crippen LogP contribution is 2.18. The van der Waals surface area contributed by atoms with Crippen LogP contribution in [0, 0.1) is 0 Å². The van der Waals surface area contributed by atoms with Crippen molar-refractivity contribution in [2.75, 3.05) is 6.61 Å². The van der Waals surface area contributed by atoms with E-state index in [4.69, 9.17) is 9.47 Å². The highest BCUT2D eigenvalue weighted by atomic mass is 16.5. The Morgan fingerprint density at radius 1 is 0.957 bits per heavy atom. The van der Waals surface area contributed by atoms with E-state index >= 15 is 0 Å². The Bertz CT molecular complexity index is 608. The minimum Gasteiger partial charge on any atom is -0.491 e. The van der Waals surface area contributed by atoms with E-state index in [1.54, 1.807) is 0 Å². The number of carbonyl (C=O) groups excluding carboxylic acids is 1. The van der Waals surface area contributed by atoms with Crippen LogP contribution in [-0.4, -0.2) is 18.6 Å². The first-order chi connectivity index (χ1) is 11.0. The average molecular weight is 313 g/mol. The van der Waals surface area contributed by atoms with E-state index in [9.17, 15) is 4.79 Å². The summed E-state index contributed by atoms with van der Waals surface area (Å²) in [7, 11) is 0. The minimum atomic E-state index is -0.149. The number of rotatable bonds is 7. The van der Waals surface area contributed by atoms with Crippen molar-refractivity contribution in [1.82, 2.24) is 5.32 Å². The van der Waals surface area contributed by atoms with Crippen LogP contribution in [0.2, 0.25) is 0 Å². The summed E-state index contributed by atoms with van der Waals surface area (Å²) in [5.74, 6) is 1.36. The quantitative estimate of drug-likeness (QED) is 0.847. The van der Waals surface area contributed by atoms with Gasteiger partial charge in [-0.3, -0.25) is 4.79 Å². The fourth-order valence-electron chi connectivity index (χ4n) is 2.14. The standard InChI is InChI=1S/C19H23NO3/c1-14(2)23-18-11-9-16(10-12-18)15(3)20-19(21)13-22-17-7-5-4-6-8-17/h4-12,14-15H,13H2,1-3H3,(H,20,21). The SMILES string of the molecule is CC(C)Oc1ccc(C(C)NC(=O)COc2ccccc2)cc1. The molecule has 122 valence electrons. The second-order valence-electron chi connectivity index (χ2n) is 5.63. The Labute approximate surface area is 137 Å². The molecule has 0 heterocycles. The normalized spacial score (nSPS) is 11.8. The molecule has 0 spiro atoms. The molecule has 0 bridgehead atoms. The molecule has 0 aliphatic rings. The first kappa shape index (κ1) is 16.9. The van der Waals surface area contributed by atoms with Gasteiger partial charge in [0.2, 0.25) is 0 Å². The van der Waals surface area contributed by atoms with Gasteiger partial charge >= 0.3 is 0 Å². The lowest BCUT2D eigenvalue weighted by molar-refractivity contribution is -0.123. The van der Waals surface area contributed by atoms with Crippen molar-refractivity contribution < 1.29 is 14.3 Å². The van der Waals surface area contributed by atoms with Gasteiger partial charge in [0.15, 0.2) is 6.61 Å². The summed E-state index contributed by atoms with van der Waals surface area (Å²) < 4.78 is 11.0. The number of hydrogen-bond donors (Lipinski definition) is 1. The smallest absolute Gasteiger partial charge is 0.258 e. The van der Waals surface area contributed by atoms with Crippen LogP contribution in [0.5, 0.6) is 11.5 Å². The van der Waals surface area contributed by atoms with Gasteiger partial charge in [-0.25, -0.2) is 0 Å². The van der Waals surface area contributed by atoms with Crippen LogP contribution >= 0.6 is 0 Å². The molecule has 4 heteroatoms. The summed E-state index contributed by atoms with van der Waals surface area (Å²) >= 11 is 0. The van der Waals surface area contributed by atoms with E-state index in [0.717, 1.165) is 11.3 Å². The lowest BCUT2D eigenvalue weighted by Gasteiger charge is -2.16. The zero-order valence-electron chi connectivity index (χ0n) is 13.8. The lowest BCUT2D eigenvalue weighted by Crippen LogP contribution is -2.31. The van der Waals surface area contributed by atoms with Crippen molar-refractivity contribution in [2.45, 2.75) is 32.9 Å². The van der Waals surface area contributed by atoms with Crippen molar-refractivity contribution in [1.29, 1.82) is 0 Å². The van der Waals surface area contributed by atoms with E-state index in [1.807, 2.05) is 75.4 Å². The molecule has 1 unspecified atom stereocenters. The molecule has 0 aliphatic carbocycles. The molecule has 23 heavy (non-hydrogen) atoms. The third-order valence-corrected chi connectivity index (χ3v) is 3.24. The zero-order valence-corrected chi connectivity index (χ0v) is 13.8. The van der Waals surface area contributed by atoms with Gasteiger partial charge in [-0.05, 0) is 50.6 Å². The Hall–Kier alpha value is -2.49. The van der Waals surface area contributed by atoms with Crippen molar-refractivity contribution in [3.63, 3.8) is 0 Å². The summed E-state index contributed by atoms with van der Waals surface area (Å²) in [5.41, 5.74) is 1.02. The monoisotopic (exact) mass is 313 g/mol. The third-order valence-electron chi connectivity index (χ3n) is 3.24. The van der Waals surface area contributed by atoms with E-state index in [2.05, 4.69) is 5.32 Å². The first-order valence-corrected chi connectivity index (χ1v) is 7.78. The third kappa shape index (κ3) is 5.66. The fourth-order valence-corrected chi connectivity index (χ4v) is 2.14. The number of nitrogens with one attached hydrogen (secondary N) is 1. The van der Waals surface area contributed by atoms with Gasteiger partial charge in [0.05, 0.1) is 12.1 Å². The lowest BCUT2D eigenvalue weighted by atomic mass is 10.1. The van der Waals surface area contributed by atoms with Gasteiger partial charge in [-0.2, -0.15) is 0 Å². The Morgan fingerprint density at radius 3 is 2.22 bits per heavy atom. The molecule has 0 fully saturated rings. The van der Waals surface area contributed by atoms with Gasteiger partial charge in [0.1, 0.15) is 11.5 Å². The Balaban J connectivity index is 1.83. The maximum absolute atomic E-state index is 12.0. The van der Waals surface area contributed by atoms with Crippen LogP contribution in [0.4, 0.5) is 0 Å². The molecule has 0 saturated carbocycles. The molecule has 2 rings (SSSR count). The highest BCUT2D eigenvalue weighted by Gasteiger charge is 2.10. The maximum atomic E-state index is 12.0. The van der Waals surface area contributed by atoms with Crippen LogP contribution in [0.1, 0.15) is 32.4 Å². The number of benzene rings is 2.